The predicted octanol–water partition coefficient (Wildman–Crippen LogP) is 4.88. The zero-order valence-electron chi connectivity index (χ0n) is 12.3. The quantitative estimate of drug-likeness (QED) is 0.851. The molecular weight excluding hydrogens is 256 g/mol. The number of rotatable bonds is 3. The molecule has 1 aromatic carbocycles. The number of aryl methyl sites for hydroxylation is 4. The number of aromatic nitrogens is 2. The van der Waals surface area contributed by atoms with Crippen LogP contribution in [-0.4, -0.2) is 9.97 Å². The molecule has 3 heteroatoms. The van der Waals surface area contributed by atoms with Gasteiger partial charge in [0.05, 0.1) is 0 Å². The Labute approximate surface area is 121 Å². The number of imidazole rings is 1. The van der Waals surface area contributed by atoms with Crippen LogP contribution >= 0.6 is 11.6 Å². The van der Waals surface area contributed by atoms with Crippen molar-refractivity contribution in [2.24, 2.45) is 0 Å². The monoisotopic (exact) mass is 278 g/mol. The predicted molar refractivity (Wildman–Crippen MR) is 82.9 cm³/mol. The lowest BCUT2D eigenvalue weighted by Crippen LogP contribution is -1.87. The summed E-state index contributed by atoms with van der Waals surface area (Å²) in [5.74, 6) is 1.00. The standard InChI is InChI=1S/C10H13Cl.C6H10N2/c1-3-4-9-7-10(11)6-5-8(9)2;1-3-6-4-7-5(2)8-6/h5-7H,3-4H2,1-2H3;4H,3H2,1-2H3,(H,7,8). The Kier molecular flexibility index (Phi) is 6.65. The van der Waals surface area contributed by atoms with Crippen LogP contribution in [0.5, 0.6) is 0 Å². The third-order valence-corrected chi connectivity index (χ3v) is 3.20. The van der Waals surface area contributed by atoms with E-state index in [0.29, 0.717) is 0 Å². The first-order chi connectivity index (χ1) is 9.06. The van der Waals surface area contributed by atoms with Gasteiger partial charge in [0, 0.05) is 16.9 Å². The maximum Gasteiger partial charge on any atom is 0.103 e. The van der Waals surface area contributed by atoms with Gasteiger partial charge in [-0.25, -0.2) is 4.98 Å². The van der Waals surface area contributed by atoms with Crippen LogP contribution in [0.2, 0.25) is 5.02 Å². The molecule has 0 aliphatic heterocycles. The van der Waals surface area contributed by atoms with E-state index in [2.05, 4.69) is 42.9 Å². The molecule has 1 heterocycles. The maximum absolute atomic E-state index is 5.85. The summed E-state index contributed by atoms with van der Waals surface area (Å²) >= 11 is 5.85. The lowest BCUT2D eigenvalue weighted by Gasteiger charge is -2.03. The number of nitrogens with zero attached hydrogens (tertiary/aromatic N) is 1. The van der Waals surface area contributed by atoms with E-state index in [-0.39, 0.29) is 0 Å². The number of hydrogen-bond donors (Lipinski definition) is 1. The van der Waals surface area contributed by atoms with Crippen molar-refractivity contribution in [1.82, 2.24) is 9.97 Å². The molecule has 0 aliphatic rings. The summed E-state index contributed by atoms with van der Waals surface area (Å²) in [6.07, 6.45) is 5.23. The molecule has 0 fully saturated rings. The Morgan fingerprint density at radius 2 is 1.95 bits per heavy atom. The van der Waals surface area contributed by atoms with Gasteiger partial charge in [-0.3, -0.25) is 0 Å². The molecule has 0 radical (unpaired) electrons. The van der Waals surface area contributed by atoms with Crippen molar-refractivity contribution in [3.63, 3.8) is 0 Å². The Balaban J connectivity index is 0.000000200. The van der Waals surface area contributed by atoms with Gasteiger partial charge in [-0.2, -0.15) is 0 Å². The molecule has 0 amide bonds. The first-order valence-electron chi connectivity index (χ1n) is 6.82. The summed E-state index contributed by atoms with van der Waals surface area (Å²) in [5, 5.41) is 0.846. The van der Waals surface area contributed by atoms with Gasteiger partial charge in [0.15, 0.2) is 0 Å². The minimum atomic E-state index is 0.846. The van der Waals surface area contributed by atoms with E-state index in [0.717, 1.165) is 23.7 Å². The molecule has 0 saturated carbocycles. The molecule has 1 N–H and O–H groups in total. The van der Waals surface area contributed by atoms with E-state index in [1.165, 1.54) is 23.2 Å². The first kappa shape index (κ1) is 15.8. The van der Waals surface area contributed by atoms with E-state index in [1.807, 2.05) is 19.2 Å². The fraction of sp³-hybridized carbons (Fsp3) is 0.438. The highest BCUT2D eigenvalue weighted by molar-refractivity contribution is 6.30. The third-order valence-electron chi connectivity index (χ3n) is 2.97. The van der Waals surface area contributed by atoms with Gasteiger partial charge < -0.3 is 4.98 Å². The lowest BCUT2D eigenvalue weighted by atomic mass is 10.1. The second-order valence-electron chi connectivity index (χ2n) is 4.67. The van der Waals surface area contributed by atoms with Gasteiger partial charge in [0.25, 0.3) is 0 Å². The minimum absolute atomic E-state index is 0.846. The highest BCUT2D eigenvalue weighted by Crippen LogP contribution is 2.16. The van der Waals surface area contributed by atoms with Gasteiger partial charge >= 0.3 is 0 Å². The van der Waals surface area contributed by atoms with Crippen molar-refractivity contribution < 1.29 is 0 Å². The Morgan fingerprint density at radius 1 is 1.21 bits per heavy atom. The minimum Gasteiger partial charge on any atom is -0.346 e. The first-order valence-corrected chi connectivity index (χ1v) is 7.20. The van der Waals surface area contributed by atoms with Crippen molar-refractivity contribution in [3.05, 3.63) is 52.1 Å². The summed E-state index contributed by atoms with van der Waals surface area (Å²) < 4.78 is 0. The highest BCUT2D eigenvalue weighted by atomic mass is 35.5. The largest absolute Gasteiger partial charge is 0.346 e. The summed E-state index contributed by atoms with van der Waals surface area (Å²) in [4.78, 5) is 7.15. The van der Waals surface area contributed by atoms with Crippen molar-refractivity contribution >= 4 is 11.6 Å². The molecule has 2 aromatic rings. The molecule has 0 saturated heterocycles. The third kappa shape index (κ3) is 5.48. The van der Waals surface area contributed by atoms with Crippen molar-refractivity contribution in [2.75, 3.05) is 0 Å². The molecular formula is C16H23ClN2. The van der Waals surface area contributed by atoms with Crippen LogP contribution in [0.1, 0.15) is 42.9 Å². The number of aromatic amines is 1. The Hall–Kier alpha value is -1.28. The second-order valence-corrected chi connectivity index (χ2v) is 5.10. The van der Waals surface area contributed by atoms with Crippen LogP contribution in [0.15, 0.2) is 24.4 Å². The molecule has 0 spiro atoms. The van der Waals surface area contributed by atoms with Crippen LogP contribution < -0.4 is 0 Å². The van der Waals surface area contributed by atoms with Crippen molar-refractivity contribution in [1.29, 1.82) is 0 Å². The highest BCUT2D eigenvalue weighted by Gasteiger charge is 1.96. The normalized spacial score (nSPS) is 9.95. The van der Waals surface area contributed by atoms with E-state index >= 15 is 0 Å². The summed E-state index contributed by atoms with van der Waals surface area (Å²) in [6.45, 7) is 8.37. The van der Waals surface area contributed by atoms with E-state index in [1.54, 1.807) is 0 Å². The summed E-state index contributed by atoms with van der Waals surface area (Å²) in [5.41, 5.74) is 3.93. The van der Waals surface area contributed by atoms with Gasteiger partial charge in [-0.1, -0.05) is 37.9 Å². The SMILES string of the molecule is CCCc1cc(Cl)ccc1C.CCc1cnc(C)[nH]1. The fourth-order valence-electron chi connectivity index (χ4n) is 1.83. The molecule has 2 rings (SSSR count). The lowest BCUT2D eigenvalue weighted by molar-refractivity contribution is 0.913. The molecule has 1 aromatic heterocycles. The molecule has 19 heavy (non-hydrogen) atoms. The number of halogens is 1. The summed E-state index contributed by atoms with van der Waals surface area (Å²) in [7, 11) is 0. The van der Waals surface area contributed by atoms with Crippen molar-refractivity contribution in [2.45, 2.75) is 47.0 Å². The van der Waals surface area contributed by atoms with Gasteiger partial charge in [0.1, 0.15) is 5.82 Å². The topological polar surface area (TPSA) is 28.7 Å². The van der Waals surface area contributed by atoms with Crippen LogP contribution in [0.4, 0.5) is 0 Å². The van der Waals surface area contributed by atoms with Crippen LogP contribution in [0.3, 0.4) is 0 Å². The Morgan fingerprint density at radius 3 is 2.42 bits per heavy atom. The summed E-state index contributed by atoms with van der Waals surface area (Å²) in [6, 6.07) is 6.07. The second kappa shape index (κ2) is 8.00. The van der Waals surface area contributed by atoms with Crippen LogP contribution in [0.25, 0.3) is 0 Å². The zero-order valence-corrected chi connectivity index (χ0v) is 13.0. The van der Waals surface area contributed by atoms with E-state index < -0.39 is 0 Å². The van der Waals surface area contributed by atoms with Crippen molar-refractivity contribution in [3.8, 4) is 0 Å². The van der Waals surface area contributed by atoms with Gasteiger partial charge in [-0.15, -0.1) is 0 Å². The molecule has 104 valence electrons. The smallest absolute Gasteiger partial charge is 0.103 e. The van der Waals surface area contributed by atoms with Crippen LogP contribution in [-0.2, 0) is 12.8 Å². The molecule has 0 aliphatic carbocycles. The Bertz CT molecular complexity index is 503. The molecule has 0 unspecified atom stereocenters. The van der Waals surface area contributed by atoms with Crippen LogP contribution in [0, 0.1) is 13.8 Å². The van der Waals surface area contributed by atoms with E-state index in [4.69, 9.17) is 11.6 Å². The van der Waals surface area contributed by atoms with Gasteiger partial charge in [-0.05, 0) is 49.9 Å². The maximum atomic E-state index is 5.85. The zero-order chi connectivity index (χ0) is 14.3. The van der Waals surface area contributed by atoms with Gasteiger partial charge in [0.2, 0.25) is 0 Å². The number of H-pyrrole nitrogens is 1. The van der Waals surface area contributed by atoms with E-state index in [9.17, 15) is 0 Å². The fourth-order valence-corrected chi connectivity index (χ4v) is 2.02. The number of nitrogens with one attached hydrogen (secondary N) is 1. The number of hydrogen-bond acceptors (Lipinski definition) is 1. The average molecular weight is 279 g/mol. The average Bonchev–Trinajstić information content (AvgIpc) is 2.81. The molecule has 0 atom stereocenters. The molecule has 2 nitrogen and oxygen atoms in total. The molecule has 0 bridgehead atoms. The number of benzene rings is 1.